The molecule has 0 spiro atoms. The van der Waals surface area contributed by atoms with Gasteiger partial charge in [-0.2, -0.15) is 5.10 Å². The van der Waals surface area contributed by atoms with E-state index in [1.165, 1.54) is 29.5 Å². The number of amides is 1. The standard InChI is InChI=1S/C15H16FN3O3S2/c1-11(14-7-4-8-23-14)17-18-15(20)10-19(24(2,21)22)13-6-3-5-12(16)9-13/h3-9H,10H2,1-2H3,(H,18,20)/b17-11-. The molecule has 0 unspecified atom stereocenters. The number of nitrogens with one attached hydrogen (secondary N) is 1. The first-order valence-electron chi connectivity index (χ1n) is 6.87. The molecular formula is C15H16FN3O3S2. The molecule has 9 heteroatoms. The minimum Gasteiger partial charge on any atom is -0.271 e. The van der Waals surface area contributed by atoms with Crippen molar-refractivity contribution in [1.82, 2.24) is 5.43 Å². The number of sulfonamides is 1. The van der Waals surface area contributed by atoms with Crippen LogP contribution in [0.25, 0.3) is 0 Å². The molecule has 0 saturated carbocycles. The van der Waals surface area contributed by atoms with Gasteiger partial charge in [-0.15, -0.1) is 11.3 Å². The molecule has 2 rings (SSSR count). The molecule has 1 N–H and O–H groups in total. The third kappa shape index (κ3) is 4.87. The lowest BCUT2D eigenvalue weighted by Crippen LogP contribution is -2.39. The number of benzene rings is 1. The predicted molar refractivity (Wildman–Crippen MR) is 93.3 cm³/mol. The molecule has 1 aromatic carbocycles. The second-order valence-corrected chi connectivity index (χ2v) is 7.81. The van der Waals surface area contributed by atoms with Crippen molar-refractivity contribution in [3.63, 3.8) is 0 Å². The van der Waals surface area contributed by atoms with Gasteiger partial charge in [0.1, 0.15) is 12.4 Å². The van der Waals surface area contributed by atoms with E-state index in [0.717, 1.165) is 21.5 Å². The molecule has 0 saturated heterocycles. The first kappa shape index (κ1) is 18.1. The number of thiophene rings is 1. The topological polar surface area (TPSA) is 78.8 Å². The van der Waals surface area contributed by atoms with Crippen LogP contribution in [0.4, 0.5) is 10.1 Å². The summed E-state index contributed by atoms with van der Waals surface area (Å²) in [5.74, 6) is -1.21. The lowest BCUT2D eigenvalue weighted by atomic mass is 10.3. The van der Waals surface area contributed by atoms with Crippen molar-refractivity contribution in [2.45, 2.75) is 6.92 Å². The van der Waals surface area contributed by atoms with Crippen LogP contribution in [0.15, 0.2) is 46.9 Å². The van der Waals surface area contributed by atoms with Crippen LogP contribution in [-0.4, -0.2) is 32.8 Å². The molecule has 1 amide bonds. The fourth-order valence-corrected chi connectivity index (χ4v) is 3.41. The van der Waals surface area contributed by atoms with Gasteiger partial charge in [0.05, 0.1) is 17.7 Å². The van der Waals surface area contributed by atoms with Gasteiger partial charge in [0.15, 0.2) is 0 Å². The number of hydrogen-bond acceptors (Lipinski definition) is 5. The fraction of sp³-hybridized carbons (Fsp3) is 0.200. The molecule has 6 nitrogen and oxygen atoms in total. The van der Waals surface area contributed by atoms with Crippen molar-refractivity contribution in [1.29, 1.82) is 0 Å². The second kappa shape index (κ2) is 7.54. The summed E-state index contributed by atoms with van der Waals surface area (Å²) in [5, 5.41) is 5.83. The van der Waals surface area contributed by atoms with E-state index in [1.807, 2.05) is 17.5 Å². The zero-order chi connectivity index (χ0) is 17.7. The highest BCUT2D eigenvalue weighted by Gasteiger charge is 2.21. The summed E-state index contributed by atoms with van der Waals surface area (Å²) < 4.78 is 37.9. The maximum atomic E-state index is 13.3. The zero-order valence-corrected chi connectivity index (χ0v) is 14.7. The minimum absolute atomic E-state index is 0.0756. The SMILES string of the molecule is C/C(=N/NC(=O)CN(c1cccc(F)c1)S(C)(=O)=O)c1cccs1. The first-order valence-corrected chi connectivity index (χ1v) is 9.60. The number of carbonyl (C=O) groups is 1. The van der Waals surface area contributed by atoms with Gasteiger partial charge in [0.25, 0.3) is 5.91 Å². The van der Waals surface area contributed by atoms with E-state index in [0.29, 0.717) is 5.71 Å². The minimum atomic E-state index is -3.75. The Hall–Kier alpha value is -2.26. The molecule has 0 bridgehead atoms. The van der Waals surface area contributed by atoms with Crippen molar-refractivity contribution in [2.24, 2.45) is 5.10 Å². The Morgan fingerprint density at radius 2 is 2.08 bits per heavy atom. The second-order valence-electron chi connectivity index (χ2n) is 4.96. The van der Waals surface area contributed by atoms with Gasteiger partial charge in [-0.1, -0.05) is 12.1 Å². The fourth-order valence-electron chi connectivity index (χ4n) is 1.88. The lowest BCUT2D eigenvalue weighted by Gasteiger charge is -2.21. The van der Waals surface area contributed by atoms with Crippen molar-refractivity contribution >= 4 is 38.7 Å². The van der Waals surface area contributed by atoms with E-state index in [1.54, 1.807) is 6.92 Å². The van der Waals surface area contributed by atoms with Gasteiger partial charge in [-0.05, 0) is 36.6 Å². The maximum Gasteiger partial charge on any atom is 0.260 e. The predicted octanol–water partition coefficient (Wildman–Crippen LogP) is 2.19. The van der Waals surface area contributed by atoms with Crippen LogP contribution < -0.4 is 9.73 Å². The van der Waals surface area contributed by atoms with Gasteiger partial charge in [-0.25, -0.2) is 18.2 Å². The van der Waals surface area contributed by atoms with Gasteiger partial charge < -0.3 is 0 Å². The average Bonchev–Trinajstić information content (AvgIpc) is 3.03. The Morgan fingerprint density at radius 1 is 1.33 bits per heavy atom. The van der Waals surface area contributed by atoms with Crippen LogP contribution in [0.5, 0.6) is 0 Å². The van der Waals surface area contributed by atoms with E-state index in [2.05, 4.69) is 10.5 Å². The summed E-state index contributed by atoms with van der Waals surface area (Å²) in [4.78, 5) is 12.9. The summed E-state index contributed by atoms with van der Waals surface area (Å²) in [6, 6.07) is 8.74. The van der Waals surface area contributed by atoms with Gasteiger partial charge in [-0.3, -0.25) is 9.10 Å². The summed E-state index contributed by atoms with van der Waals surface area (Å²) in [5.41, 5.74) is 3.00. The number of carbonyl (C=O) groups excluding carboxylic acids is 1. The average molecular weight is 369 g/mol. The van der Waals surface area contributed by atoms with E-state index >= 15 is 0 Å². The largest absolute Gasteiger partial charge is 0.271 e. The van der Waals surface area contributed by atoms with Crippen LogP contribution in [0, 0.1) is 5.82 Å². The monoisotopic (exact) mass is 369 g/mol. The van der Waals surface area contributed by atoms with Crippen LogP contribution in [0.3, 0.4) is 0 Å². The smallest absolute Gasteiger partial charge is 0.260 e. The number of anilines is 1. The number of hydrazone groups is 1. The molecule has 0 aliphatic carbocycles. The number of hydrogen-bond donors (Lipinski definition) is 1. The van der Waals surface area contributed by atoms with E-state index in [9.17, 15) is 17.6 Å². The van der Waals surface area contributed by atoms with Gasteiger partial charge in [0.2, 0.25) is 10.0 Å². The van der Waals surface area contributed by atoms with Crippen molar-refractivity contribution in [3.05, 3.63) is 52.5 Å². The van der Waals surface area contributed by atoms with Crippen molar-refractivity contribution in [2.75, 3.05) is 17.1 Å². The normalized spacial score (nSPS) is 12.0. The summed E-state index contributed by atoms with van der Waals surface area (Å²) in [7, 11) is -3.75. The Kier molecular flexibility index (Phi) is 5.68. The van der Waals surface area contributed by atoms with Gasteiger partial charge in [0, 0.05) is 4.88 Å². The third-order valence-corrected chi connectivity index (χ3v) is 5.13. The molecule has 0 aliphatic rings. The van der Waals surface area contributed by atoms with Gasteiger partial charge >= 0.3 is 0 Å². The number of nitrogens with zero attached hydrogens (tertiary/aromatic N) is 2. The Morgan fingerprint density at radius 3 is 2.67 bits per heavy atom. The molecule has 2 aromatic rings. The van der Waals surface area contributed by atoms with Crippen LogP contribution in [-0.2, 0) is 14.8 Å². The Bertz CT molecular complexity index is 849. The molecule has 24 heavy (non-hydrogen) atoms. The molecule has 1 aromatic heterocycles. The first-order chi connectivity index (χ1) is 11.3. The molecular weight excluding hydrogens is 353 g/mol. The zero-order valence-electron chi connectivity index (χ0n) is 13.1. The van der Waals surface area contributed by atoms with E-state index < -0.39 is 28.3 Å². The van der Waals surface area contributed by atoms with Crippen LogP contribution >= 0.6 is 11.3 Å². The highest BCUT2D eigenvalue weighted by molar-refractivity contribution is 7.92. The molecule has 0 atom stereocenters. The molecule has 128 valence electrons. The number of rotatable bonds is 6. The summed E-state index contributed by atoms with van der Waals surface area (Å²) >= 11 is 1.47. The highest BCUT2D eigenvalue weighted by Crippen LogP contribution is 2.18. The highest BCUT2D eigenvalue weighted by atomic mass is 32.2. The van der Waals surface area contributed by atoms with Crippen molar-refractivity contribution < 1.29 is 17.6 Å². The van der Waals surface area contributed by atoms with Crippen molar-refractivity contribution in [3.8, 4) is 0 Å². The van der Waals surface area contributed by atoms with E-state index in [4.69, 9.17) is 0 Å². The number of halogens is 1. The molecule has 0 aliphatic heterocycles. The molecule has 0 fully saturated rings. The molecule has 1 heterocycles. The molecule has 0 radical (unpaired) electrons. The van der Waals surface area contributed by atoms with Crippen LogP contribution in [0.1, 0.15) is 11.8 Å². The third-order valence-electron chi connectivity index (χ3n) is 3.01. The van der Waals surface area contributed by atoms with E-state index in [-0.39, 0.29) is 5.69 Å². The summed E-state index contributed by atoms with van der Waals surface area (Å²) in [6.45, 7) is 1.23. The Balaban J connectivity index is 2.13. The maximum absolute atomic E-state index is 13.3. The Labute approximate surface area is 143 Å². The lowest BCUT2D eigenvalue weighted by molar-refractivity contribution is -0.119. The quantitative estimate of drug-likeness (QED) is 0.626. The summed E-state index contributed by atoms with van der Waals surface area (Å²) in [6.07, 6.45) is 0.950. The van der Waals surface area contributed by atoms with Crippen LogP contribution in [0.2, 0.25) is 0 Å².